The van der Waals surface area contributed by atoms with Crippen LogP contribution in [0.4, 0.5) is 13.2 Å². The van der Waals surface area contributed by atoms with Crippen LogP contribution < -0.4 is 5.32 Å². The van der Waals surface area contributed by atoms with Crippen molar-refractivity contribution in [1.82, 2.24) is 35.1 Å². The zero-order chi connectivity index (χ0) is 24.2. The highest BCUT2D eigenvalue weighted by Gasteiger charge is 2.26. The maximum absolute atomic E-state index is 13.4. The minimum Gasteiger partial charge on any atom is -0.342 e. The molecule has 0 saturated carbocycles. The van der Waals surface area contributed by atoms with Gasteiger partial charge in [0, 0.05) is 37.9 Å². The summed E-state index contributed by atoms with van der Waals surface area (Å²) in [6, 6.07) is 4.72. The molecule has 0 aliphatic carbocycles. The Morgan fingerprint density at radius 1 is 1.00 bits per heavy atom. The Hall–Kier alpha value is -4.29. The lowest BCUT2D eigenvalue weighted by molar-refractivity contribution is -0.131. The summed E-state index contributed by atoms with van der Waals surface area (Å²) in [6.07, 6.45) is 4.55. The van der Waals surface area contributed by atoms with Gasteiger partial charge in [0.2, 0.25) is 5.91 Å². The molecular weight excluding hydrogens is 455 g/mol. The molecule has 3 heterocycles. The summed E-state index contributed by atoms with van der Waals surface area (Å²) in [5, 5.41) is 10.1. The highest BCUT2D eigenvalue weighted by Crippen LogP contribution is 2.16. The molecule has 1 aliphatic rings. The van der Waals surface area contributed by atoms with Gasteiger partial charge in [-0.2, -0.15) is 0 Å². The quantitative estimate of drug-likeness (QED) is 0.549. The fourth-order valence-corrected chi connectivity index (χ4v) is 3.36. The molecule has 1 aromatic carbocycles. The van der Waals surface area contributed by atoms with Gasteiger partial charge in [-0.1, -0.05) is 5.21 Å². The third kappa shape index (κ3) is 4.87. The highest BCUT2D eigenvalue weighted by atomic mass is 19.2. The van der Waals surface area contributed by atoms with Gasteiger partial charge in [0.25, 0.3) is 11.8 Å². The number of piperazine rings is 1. The normalized spacial score (nSPS) is 13.6. The maximum Gasteiger partial charge on any atom is 0.273 e. The van der Waals surface area contributed by atoms with Gasteiger partial charge >= 0.3 is 0 Å². The summed E-state index contributed by atoms with van der Waals surface area (Å²) >= 11 is 0. The number of benzene rings is 1. The first kappa shape index (κ1) is 22.9. The van der Waals surface area contributed by atoms with E-state index in [1.54, 1.807) is 24.5 Å². The molecule has 0 bridgehead atoms. The summed E-state index contributed by atoms with van der Waals surface area (Å²) in [6.45, 7) is 0.242. The Kier molecular flexibility index (Phi) is 6.52. The Morgan fingerprint density at radius 2 is 1.68 bits per heavy atom. The number of hydrogen-bond acceptors (Lipinski definition) is 6. The zero-order valence-corrected chi connectivity index (χ0v) is 17.6. The van der Waals surface area contributed by atoms with E-state index >= 15 is 0 Å². The first-order valence-electron chi connectivity index (χ1n) is 10.2. The van der Waals surface area contributed by atoms with Gasteiger partial charge in [-0.25, -0.2) is 17.9 Å². The van der Waals surface area contributed by atoms with Crippen LogP contribution in [0, 0.1) is 17.5 Å². The molecule has 0 radical (unpaired) electrons. The highest BCUT2D eigenvalue weighted by molar-refractivity contribution is 5.95. The Morgan fingerprint density at radius 3 is 2.32 bits per heavy atom. The maximum atomic E-state index is 13.4. The first-order valence-corrected chi connectivity index (χ1v) is 10.2. The standard InChI is InChI=1S/C21H18F3N7O3/c22-15-8-13(9-16(23)19(15)24)21(34)30-6-4-29(5-7-30)18(32)11-26-20(33)17-12-31(28-27-17)14-2-1-3-25-10-14/h1-3,8-10,12H,4-7,11H2,(H,26,33). The lowest BCUT2D eigenvalue weighted by Crippen LogP contribution is -2.52. The summed E-state index contributed by atoms with van der Waals surface area (Å²) in [4.78, 5) is 43.9. The number of hydrogen-bond donors (Lipinski definition) is 1. The van der Waals surface area contributed by atoms with E-state index in [2.05, 4.69) is 20.6 Å². The lowest BCUT2D eigenvalue weighted by Gasteiger charge is -2.34. The second-order valence-electron chi connectivity index (χ2n) is 7.37. The van der Waals surface area contributed by atoms with Crippen LogP contribution in [0.15, 0.2) is 42.9 Å². The molecule has 176 valence electrons. The molecule has 3 aromatic rings. The van der Waals surface area contributed by atoms with Crippen LogP contribution >= 0.6 is 0 Å². The van der Waals surface area contributed by atoms with Crippen molar-refractivity contribution in [2.45, 2.75) is 0 Å². The van der Waals surface area contributed by atoms with Crippen molar-refractivity contribution < 1.29 is 27.6 Å². The van der Waals surface area contributed by atoms with E-state index in [-0.39, 0.29) is 49.9 Å². The first-order chi connectivity index (χ1) is 16.3. The van der Waals surface area contributed by atoms with E-state index in [9.17, 15) is 27.6 Å². The molecule has 1 aliphatic heterocycles. The third-order valence-corrected chi connectivity index (χ3v) is 5.19. The predicted molar refractivity (Wildman–Crippen MR) is 110 cm³/mol. The van der Waals surface area contributed by atoms with E-state index in [4.69, 9.17) is 0 Å². The number of aromatic nitrogens is 4. The van der Waals surface area contributed by atoms with Crippen LogP contribution in [-0.2, 0) is 4.79 Å². The number of carbonyl (C=O) groups excluding carboxylic acids is 3. The van der Waals surface area contributed by atoms with Crippen LogP contribution in [-0.4, -0.2) is 80.2 Å². The van der Waals surface area contributed by atoms with Crippen LogP contribution in [0.1, 0.15) is 20.8 Å². The number of nitrogens with one attached hydrogen (secondary N) is 1. The number of rotatable bonds is 5. The Bertz CT molecular complexity index is 1200. The van der Waals surface area contributed by atoms with Crippen molar-refractivity contribution in [3.8, 4) is 5.69 Å². The van der Waals surface area contributed by atoms with Crippen LogP contribution in [0.2, 0.25) is 0 Å². The van der Waals surface area contributed by atoms with Crippen molar-refractivity contribution in [3.63, 3.8) is 0 Å². The zero-order valence-electron chi connectivity index (χ0n) is 17.6. The van der Waals surface area contributed by atoms with Crippen LogP contribution in [0.5, 0.6) is 0 Å². The topological polar surface area (TPSA) is 113 Å². The number of pyridine rings is 1. The molecular formula is C21H18F3N7O3. The predicted octanol–water partition coefficient (Wildman–Crippen LogP) is 0.794. The molecule has 1 saturated heterocycles. The van der Waals surface area contributed by atoms with Crippen LogP contribution in [0.3, 0.4) is 0 Å². The fraction of sp³-hybridized carbons (Fsp3) is 0.238. The molecule has 34 heavy (non-hydrogen) atoms. The molecule has 3 amide bonds. The van der Waals surface area contributed by atoms with Gasteiger partial charge in [-0.15, -0.1) is 5.10 Å². The molecule has 4 rings (SSSR count). The molecule has 1 N–H and O–H groups in total. The van der Waals surface area contributed by atoms with Crippen molar-refractivity contribution in [3.05, 3.63) is 71.6 Å². The molecule has 10 nitrogen and oxygen atoms in total. The second-order valence-corrected chi connectivity index (χ2v) is 7.37. The average Bonchev–Trinajstić information content (AvgIpc) is 3.36. The largest absolute Gasteiger partial charge is 0.342 e. The SMILES string of the molecule is O=C(NCC(=O)N1CCN(C(=O)c2cc(F)c(F)c(F)c2)CC1)c1cn(-c2cccnc2)nn1. The summed E-state index contributed by atoms with van der Waals surface area (Å²) in [5.74, 6) is -6.18. The molecule has 2 aromatic heterocycles. The van der Waals surface area contributed by atoms with Crippen molar-refractivity contribution in [2.24, 2.45) is 0 Å². The van der Waals surface area contributed by atoms with E-state index in [1.807, 2.05) is 0 Å². The van der Waals surface area contributed by atoms with E-state index in [0.29, 0.717) is 17.8 Å². The molecule has 1 fully saturated rings. The average molecular weight is 473 g/mol. The molecule has 13 heteroatoms. The van der Waals surface area contributed by atoms with Gasteiger partial charge in [0.15, 0.2) is 23.1 Å². The number of amides is 3. The monoisotopic (exact) mass is 473 g/mol. The van der Waals surface area contributed by atoms with Crippen molar-refractivity contribution in [2.75, 3.05) is 32.7 Å². The van der Waals surface area contributed by atoms with Gasteiger partial charge < -0.3 is 15.1 Å². The number of nitrogens with zero attached hydrogens (tertiary/aromatic N) is 6. The van der Waals surface area contributed by atoms with Gasteiger partial charge in [-0.3, -0.25) is 19.4 Å². The third-order valence-electron chi connectivity index (χ3n) is 5.19. The summed E-state index contributed by atoms with van der Waals surface area (Å²) in [5.41, 5.74) is 0.317. The summed E-state index contributed by atoms with van der Waals surface area (Å²) < 4.78 is 41.3. The minimum atomic E-state index is -1.64. The van der Waals surface area contributed by atoms with Crippen LogP contribution in [0.25, 0.3) is 5.69 Å². The van der Waals surface area contributed by atoms with E-state index < -0.39 is 29.3 Å². The van der Waals surface area contributed by atoms with Crippen molar-refractivity contribution >= 4 is 17.7 Å². The summed E-state index contributed by atoms with van der Waals surface area (Å²) in [7, 11) is 0. The molecule has 0 spiro atoms. The molecule has 0 unspecified atom stereocenters. The number of carbonyl (C=O) groups is 3. The fourth-order valence-electron chi connectivity index (χ4n) is 3.36. The van der Waals surface area contributed by atoms with E-state index in [0.717, 1.165) is 0 Å². The second kappa shape index (κ2) is 9.68. The lowest BCUT2D eigenvalue weighted by atomic mass is 10.1. The van der Waals surface area contributed by atoms with Crippen molar-refractivity contribution in [1.29, 1.82) is 0 Å². The minimum absolute atomic E-state index is 0.0193. The van der Waals surface area contributed by atoms with Gasteiger partial charge in [0.1, 0.15) is 0 Å². The molecule has 0 atom stereocenters. The Balaban J connectivity index is 1.27. The van der Waals surface area contributed by atoms with E-state index in [1.165, 1.54) is 20.7 Å². The Labute approximate surface area is 191 Å². The number of halogens is 3. The smallest absolute Gasteiger partial charge is 0.273 e. The van der Waals surface area contributed by atoms with Gasteiger partial charge in [0.05, 0.1) is 24.6 Å². The van der Waals surface area contributed by atoms with Gasteiger partial charge in [-0.05, 0) is 24.3 Å².